The molecule has 0 aliphatic rings. The molecule has 1 aromatic carbocycles. The van der Waals surface area contributed by atoms with Crippen molar-refractivity contribution in [1.29, 1.82) is 0 Å². The Kier molecular flexibility index (Phi) is 5.46. The fraction of sp³-hybridized carbons (Fsp3) is 0.304. The number of fused-ring (bicyclic) bond motifs is 1. The van der Waals surface area contributed by atoms with Crippen LogP contribution in [0.3, 0.4) is 0 Å². The highest BCUT2D eigenvalue weighted by Gasteiger charge is 2.19. The number of hydrogen-bond donors (Lipinski definition) is 2. The molecule has 3 heterocycles. The van der Waals surface area contributed by atoms with Crippen LogP contribution in [0.5, 0.6) is 0 Å². The molecular weight excluding hydrogens is 392 g/mol. The summed E-state index contributed by atoms with van der Waals surface area (Å²) >= 11 is 0. The number of nitrogens with zero attached hydrogens (tertiary/aromatic N) is 4. The van der Waals surface area contributed by atoms with E-state index >= 15 is 0 Å². The summed E-state index contributed by atoms with van der Waals surface area (Å²) in [6.07, 6.45) is 5.20. The summed E-state index contributed by atoms with van der Waals surface area (Å²) in [5, 5.41) is 11.8. The lowest BCUT2D eigenvalue weighted by molar-refractivity contribution is 0.0943. The van der Waals surface area contributed by atoms with Crippen molar-refractivity contribution >= 4 is 11.4 Å². The summed E-state index contributed by atoms with van der Waals surface area (Å²) in [6, 6.07) is 9.36. The fourth-order valence-corrected chi connectivity index (χ4v) is 3.56. The zero-order valence-corrected chi connectivity index (χ0v) is 18.1. The Hall–Kier alpha value is -3.68. The number of hydrogen-bond acceptors (Lipinski definition) is 4. The lowest BCUT2D eigenvalue weighted by Gasteiger charge is -2.21. The second-order valence-electron chi connectivity index (χ2n) is 8.17. The van der Waals surface area contributed by atoms with Gasteiger partial charge < -0.3 is 10.3 Å². The number of rotatable bonds is 6. The first-order valence-electron chi connectivity index (χ1n) is 10.3. The van der Waals surface area contributed by atoms with Crippen LogP contribution in [-0.4, -0.2) is 36.8 Å². The predicted octanol–water partition coefficient (Wildman–Crippen LogP) is 3.13. The number of nitrogens with one attached hydrogen (secondary N) is 2. The average molecular weight is 419 g/mol. The number of carbonyl (C=O) groups excluding carboxylic acids is 1. The van der Waals surface area contributed by atoms with E-state index in [4.69, 9.17) is 0 Å². The monoisotopic (exact) mass is 418 g/mol. The Balaban J connectivity index is 1.58. The predicted molar refractivity (Wildman–Crippen MR) is 119 cm³/mol. The number of benzene rings is 1. The van der Waals surface area contributed by atoms with Crippen LogP contribution in [0.15, 0.2) is 53.7 Å². The molecular formula is C23H26N6O2. The minimum atomic E-state index is -0.293. The molecule has 0 bridgehead atoms. The summed E-state index contributed by atoms with van der Waals surface area (Å²) in [7, 11) is 0. The molecule has 8 heteroatoms. The number of carbonyl (C=O) groups is 1. The Labute approximate surface area is 179 Å². The van der Waals surface area contributed by atoms with E-state index in [9.17, 15) is 9.59 Å². The summed E-state index contributed by atoms with van der Waals surface area (Å²) in [4.78, 5) is 28.2. The van der Waals surface area contributed by atoms with Crippen molar-refractivity contribution in [2.75, 3.05) is 6.54 Å². The molecule has 1 unspecified atom stereocenters. The van der Waals surface area contributed by atoms with Crippen LogP contribution < -0.4 is 10.9 Å². The third kappa shape index (κ3) is 4.14. The third-order valence-electron chi connectivity index (χ3n) is 5.62. The highest BCUT2D eigenvalue weighted by molar-refractivity contribution is 5.95. The van der Waals surface area contributed by atoms with Gasteiger partial charge in [-0.15, -0.1) is 5.10 Å². The van der Waals surface area contributed by atoms with Crippen LogP contribution in [0.1, 0.15) is 41.4 Å². The van der Waals surface area contributed by atoms with E-state index in [1.165, 1.54) is 10.1 Å². The molecule has 160 valence electrons. The van der Waals surface area contributed by atoms with Gasteiger partial charge in [0.2, 0.25) is 0 Å². The van der Waals surface area contributed by atoms with Gasteiger partial charge in [-0.1, -0.05) is 26.0 Å². The van der Waals surface area contributed by atoms with Gasteiger partial charge >= 0.3 is 0 Å². The van der Waals surface area contributed by atoms with Crippen molar-refractivity contribution in [1.82, 2.24) is 29.7 Å². The summed E-state index contributed by atoms with van der Waals surface area (Å²) in [6.45, 7) is 8.65. The first-order valence-corrected chi connectivity index (χ1v) is 10.3. The van der Waals surface area contributed by atoms with E-state index in [0.29, 0.717) is 29.4 Å². The Morgan fingerprint density at radius 2 is 2.00 bits per heavy atom. The molecule has 1 amide bonds. The molecule has 4 aromatic rings. The molecule has 0 radical (unpaired) electrons. The van der Waals surface area contributed by atoms with Crippen LogP contribution in [0, 0.1) is 19.8 Å². The largest absolute Gasteiger partial charge is 0.350 e. The van der Waals surface area contributed by atoms with Gasteiger partial charge in [0.25, 0.3) is 11.5 Å². The smallest absolute Gasteiger partial charge is 0.275 e. The topological polar surface area (TPSA) is 97.1 Å². The minimum absolute atomic E-state index is 0.0360. The molecule has 0 saturated carbocycles. The van der Waals surface area contributed by atoms with Crippen molar-refractivity contribution in [3.05, 3.63) is 76.0 Å². The van der Waals surface area contributed by atoms with E-state index in [1.54, 1.807) is 18.5 Å². The van der Waals surface area contributed by atoms with Crippen molar-refractivity contribution < 1.29 is 4.79 Å². The Morgan fingerprint density at radius 3 is 2.68 bits per heavy atom. The number of aromatic nitrogens is 5. The maximum absolute atomic E-state index is 12.8. The van der Waals surface area contributed by atoms with E-state index in [2.05, 4.69) is 34.3 Å². The van der Waals surface area contributed by atoms with E-state index in [1.807, 2.05) is 49.0 Å². The lowest BCUT2D eigenvalue weighted by Crippen LogP contribution is -2.33. The summed E-state index contributed by atoms with van der Waals surface area (Å²) in [5.74, 6) is 0.496. The molecule has 3 aromatic heterocycles. The normalized spacial score (nSPS) is 12.4. The van der Waals surface area contributed by atoms with Gasteiger partial charge in [0, 0.05) is 30.7 Å². The molecule has 0 saturated heterocycles. The minimum Gasteiger partial charge on any atom is -0.350 e. The van der Waals surface area contributed by atoms with Crippen LogP contribution in [0.2, 0.25) is 0 Å². The highest BCUT2D eigenvalue weighted by atomic mass is 16.1. The number of aromatic amines is 1. The lowest BCUT2D eigenvalue weighted by atomic mass is 10.0. The van der Waals surface area contributed by atoms with Gasteiger partial charge in [0.15, 0.2) is 5.82 Å². The van der Waals surface area contributed by atoms with Gasteiger partial charge in [-0.3, -0.25) is 14.3 Å². The first-order chi connectivity index (χ1) is 14.8. The maximum atomic E-state index is 12.8. The zero-order valence-electron chi connectivity index (χ0n) is 18.1. The van der Waals surface area contributed by atoms with Gasteiger partial charge in [0.1, 0.15) is 5.52 Å². The number of amides is 1. The molecule has 1 atom stereocenters. The van der Waals surface area contributed by atoms with Gasteiger partial charge in [-0.2, -0.15) is 5.10 Å². The Bertz CT molecular complexity index is 1280. The van der Waals surface area contributed by atoms with Crippen LogP contribution in [0.25, 0.3) is 16.9 Å². The highest BCUT2D eigenvalue weighted by Crippen LogP contribution is 2.19. The van der Waals surface area contributed by atoms with E-state index in [0.717, 1.165) is 11.1 Å². The standard InChI is InChI=1S/C23H26N6O2/c1-14(2)20(28-9-5-8-25-28)12-24-22(30)18-11-19-23(31)26-21(27-29(19)13-18)17-7-6-15(3)16(4)10-17/h5-11,13-14,20H,12H2,1-4H3,(H,24,30)(H,26,27,31). The quantitative estimate of drug-likeness (QED) is 0.503. The molecule has 4 rings (SSSR count). The SMILES string of the molecule is Cc1ccc(-c2nn3cc(C(=O)NCC(C(C)C)n4cccn4)cc3c(=O)[nH]2)cc1C. The fourth-order valence-electron chi connectivity index (χ4n) is 3.56. The van der Waals surface area contributed by atoms with Crippen molar-refractivity contribution in [3.8, 4) is 11.4 Å². The molecule has 8 nitrogen and oxygen atoms in total. The van der Waals surface area contributed by atoms with Crippen molar-refractivity contribution in [3.63, 3.8) is 0 Å². The van der Waals surface area contributed by atoms with Crippen molar-refractivity contribution in [2.45, 2.75) is 33.7 Å². The molecule has 31 heavy (non-hydrogen) atoms. The van der Waals surface area contributed by atoms with Gasteiger partial charge in [-0.05, 0) is 49.1 Å². The van der Waals surface area contributed by atoms with Gasteiger partial charge in [-0.25, -0.2) is 4.52 Å². The van der Waals surface area contributed by atoms with E-state index in [-0.39, 0.29) is 17.5 Å². The maximum Gasteiger partial charge on any atom is 0.275 e. The number of aryl methyl sites for hydroxylation is 2. The second kappa shape index (κ2) is 8.22. The first kappa shape index (κ1) is 20.6. The second-order valence-corrected chi connectivity index (χ2v) is 8.17. The van der Waals surface area contributed by atoms with E-state index < -0.39 is 0 Å². The van der Waals surface area contributed by atoms with Crippen LogP contribution in [-0.2, 0) is 0 Å². The molecule has 0 spiro atoms. The summed E-state index contributed by atoms with van der Waals surface area (Å²) < 4.78 is 3.31. The van der Waals surface area contributed by atoms with Crippen LogP contribution in [0.4, 0.5) is 0 Å². The molecule has 0 fully saturated rings. The van der Waals surface area contributed by atoms with Gasteiger partial charge in [0.05, 0.1) is 11.6 Å². The molecule has 2 N–H and O–H groups in total. The molecule has 0 aliphatic carbocycles. The van der Waals surface area contributed by atoms with Crippen LogP contribution >= 0.6 is 0 Å². The molecule has 0 aliphatic heterocycles. The Morgan fingerprint density at radius 1 is 1.19 bits per heavy atom. The number of H-pyrrole nitrogens is 1. The summed E-state index contributed by atoms with van der Waals surface area (Å²) in [5.41, 5.74) is 3.52. The third-order valence-corrected chi connectivity index (χ3v) is 5.62. The average Bonchev–Trinajstić information content (AvgIpc) is 3.40. The zero-order chi connectivity index (χ0) is 22.1. The van der Waals surface area contributed by atoms with Crippen molar-refractivity contribution in [2.24, 2.45) is 5.92 Å².